The lowest BCUT2D eigenvalue weighted by atomic mass is 10.4. The van der Waals surface area contributed by atoms with Crippen LogP contribution in [0.25, 0.3) is 0 Å². The molecule has 7 heteroatoms. The van der Waals surface area contributed by atoms with Crippen LogP contribution in [0.2, 0.25) is 0 Å². The molecule has 0 aromatic carbocycles. The third-order valence-electron chi connectivity index (χ3n) is 1.82. The van der Waals surface area contributed by atoms with Gasteiger partial charge in [0.15, 0.2) is 0 Å². The predicted molar refractivity (Wildman–Crippen MR) is 58.9 cm³/mol. The molecule has 1 aromatic heterocycles. The summed E-state index contributed by atoms with van der Waals surface area (Å²) in [6.07, 6.45) is 1.19. The van der Waals surface area contributed by atoms with Crippen molar-refractivity contribution in [2.24, 2.45) is 0 Å². The molecule has 1 aromatic rings. The monoisotopic (exact) mass is 275 g/mol. The van der Waals surface area contributed by atoms with E-state index in [9.17, 15) is 10.1 Å². The number of aliphatic hydroxyl groups excluding tert-OH is 1. The summed E-state index contributed by atoms with van der Waals surface area (Å²) in [6, 6.07) is 1.39. The Balaban J connectivity index is 2.97. The molecule has 0 unspecified atom stereocenters. The van der Waals surface area contributed by atoms with E-state index >= 15 is 0 Å². The molecule has 6 nitrogen and oxygen atoms in total. The Morgan fingerprint density at radius 2 is 2.40 bits per heavy atom. The van der Waals surface area contributed by atoms with Crippen molar-refractivity contribution in [1.82, 2.24) is 4.98 Å². The smallest absolute Gasteiger partial charge is 0.288 e. The number of nitrogens with zero attached hydrogens (tertiary/aromatic N) is 3. The van der Waals surface area contributed by atoms with E-state index in [1.54, 1.807) is 11.9 Å². The summed E-state index contributed by atoms with van der Waals surface area (Å²) in [7, 11) is 1.75. The zero-order chi connectivity index (χ0) is 11.4. The van der Waals surface area contributed by atoms with E-state index < -0.39 is 4.92 Å². The quantitative estimate of drug-likeness (QED) is 0.659. The predicted octanol–water partition coefficient (Wildman–Crippen LogP) is 1.18. The molecular formula is C8H10BrN3O3. The molecule has 0 saturated heterocycles. The van der Waals surface area contributed by atoms with Crippen LogP contribution in [0.15, 0.2) is 16.7 Å². The molecule has 0 amide bonds. The number of aromatic nitrogens is 1. The molecule has 0 aliphatic heterocycles. The van der Waals surface area contributed by atoms with Crippen molar-refractivity contribution in [3.8, 4) is 0 Å². The largest absolute Gasteiger partial charge is 0.395 e. The number of rotatable bonds is 4. The summed E-state index contributed by atoms with van der Waals surface area (Å²) in [4.78, 5) is 15.6. The highest BCUT2D eigenvalue weighted by atomic mass is 79.9. The maximum absolute atomic E-state index is 10.5. The summed E-state index contributed by atoms with van der Waals surface area (Å²) in [5.74, 6) is 0.564. The Labute approximate surface area is 94.8 Å². The maximum atomic E-state index is 10.5. The second-order valence-corrected chi connectivity index (χ2v) is 3.76. The van der Waals surface area contributed by atoms with Gasteiger partial charge in [-0.15, -0.1) is 0 Å². The summed E-state index contributed by atoms with van der Waals surface area (Å²) < 4.78 is 0.535. The lowest BCUT2D eigenvalue weighted by molar-refractivity contribution is -0.385. The van der Waals surface area contributed by atoms with E-state index in [1.807, 2.05) is 0 Å². The van der Waals surface area contributed by atoms with Gasteiger partial charge < -0.3 is 10.0 Å². The Kier molecular flexibility index (Phi) is 3.98. The number of likely N-dealkylation sites (N-methyl/N-ethyl adjacent to an activating group) is 1. The summed E-state index contributed by atoms with van der Waals surface area (Å²) in [5.41, 5.74) is -0.0666. The van der Waals surface area contributed by atoms with Gasteiger partial charge in [-0.1, -0.05) is 0 Å². The maximum Gasteiger partial charge on any atom is 0.288 e. The van der Waals surface area contributed by atoms with Gasteiger partial charge in [0.25, 0.3) is 5.69 Å². The topological polar surface area (TPSA) is 79.5 Å². The second kappa shape index (κ2) is 5.04. The summed E-state index contributed by atoms with van der Waals surface area (Å²) in [6.45, 7) is 0.422. The molecule has 0 atom stereocenters. The highest BCUT2D eigenvalue weighted by Gasteiger charge is 2.12. The van der Waals surface area contributed by atoms with Crippen LogP contribution in [0.1, 0.15) is 0 Å². The Morgan fingerprint density at radius 3 is 2.87 bits per heavy atom. The van der Waals surface area contributed by atoms with Crippen molar-refractivity contribution in [2.75, 3.05) is 25.1 Å². The van der Waals surface area contributed by atoms with Gasteiger partial charge >= 0.3 is 0 Å². The van der Waals surface area contributed by atoms with Crippen LogP contribution in [0.5, 0.6) is 0 Å². The number of halogens is 1. The highest BCUT2D eigenvalue weighted by molar-refractivity contribution is 9.10. The standard InChI is InChI=1S/C8H10BrN3O3/c1-11(2-3-13)8-7(9)4-6(5-10-8)12(14)15/h4-5,13H,2-3H2,1H3. The van der Waals surface area contributed by atoms with E-state index in [-0.39, 0.29) is 12.3 Å². The number of nitro groups is 1. The third kappa shape index (κ3) is 2.87. The number of hydrogen-bond donors (Lipinski definition) is 1. The van der Waals surface area contributed by atoms with Crippen molar-refractivity contribution in [3.05, 3.63) is 26.9 Å². The Morgan fingerprint density at radius 1 is 1.73 bits per heavy atom. The van der Waals surface area contributed by atoms with E-state index in [0.29, 0.717) is 16.8 Å². The molecule has 0 radical (unpaired) electrons. The number of aliphatic hydroxyl groups is 1. The Bertz CT molecular complexity index is 372. The van der Waals surface area contributed by atoms with Crippen LogP contribution < -0.4 is 4.90 Å². The van der Waals surface area contributed by atoms with Crippen LogP contribution in [0.4, 0.5) is 11.5 Å². The zero-order valence-corrected chi connectivity index (χ0v) is 9.64. The van der Waals surface area contributed by atoms with Crippen LogP contribution in [-0.4, -0.2) is 35.2 Å². The number of hydrogen-bond acceptors (Lipinski definition) is 5. The van der Waals surface area contributed by atoms with E-state index in [2.05, 4.69) is 20.9 Å². The molecule has 0 spiro atoms. The SMILES string of the molecule is CN(CCO)c1ncc([N+](=O)[O-])cc1Br. The van der Waals surface area contributed by atoms with Gasteiger partial charge in [0.05, 0.1) is 16.0 Å². The average Bonchev–Trinajstić information content (AvgIpc) is 2.17. The summed E-state index contributed by atoms with van der Waals surface area (Å²) in [5, 5.41) is 19.2. The minimum atomic E-state index is -0.506. The van der Waals surface area contributed by atoms with Gasteiger partial charge in [0.2, 0.25) is 0 Å². The molecule has 0 bridgehead atoms. The normalized spacial score (nSPS) is 10.1. The molecule has 0 aliphatic rings. The van der Waals surface area contributed by atoms with E-state index in [1.165, 1.54) is 12.3 Å². The highest BCUT2D eigenvalue weighted by Crippen LogP contribution is 2.26. The number of pyridine rings is 1. The van der Waals surface area contributed by atoms with Gasteiger partial charge in [0, 0.05) is 19.7 Å². The molecule has 0 aliphatic carbocycles. The first-order chi connectivity index (χ1) is 7.06. The van der Waals surface area contributed by atoms with Gasteiger partial charge in [0.1, 0.15) is 12.0 Å². The van der Waals surface area contributed by atoms with Crippen LogP contribution >= 0.6 is 15.9 Å². The lowest BCUT2D eigenvalue weighted by Gasteiger charge is -2.17. The minimum absolute atomic E-state index is 0.00159. The molecule has 1 N–H and O–H groups in total. The van der Waals surface area contributed by atoms with E-state index in [0.717, 1.165) is 0 Å². The molecule has 82 valence electrons. The molecule has 15 heavy (non-hydrogen) atoms. The average molecular weight is 276 g/mol. The lowest BCUT2D eigenvalue weighted by Crippen LogP contribution is -2.22. The fourth-order valence-corrected chi connectivity index (χ4v) is 1.70. The minimum Gasteiger partial charge on any atom is -0.395 e. The third-order valence-corrected chi connectivity index (χ3v) is 2.40. The first kappa shape index (κ1) is 11.9. The van der Waals surface area contributed by atoms with Gasteiger partial charge in [-0.3, -0.25) is 10.1 Å². The van der Waals surface area contributed by atoms with Crippen molar-refractivity contribution < 1.29 is 10.0 Å². The molecule has 1 rings (SSSR count). The molecule has 1 heterocycles. The molecule has 0 saturated carbocycles. The van der Waals surface area contributed by atoms with Crippen LogP contribution in [-0.2, 0) is 0 Å². The summed E-state index contributed by atoms with van der Waals surface area (Å²) >= 11 is 3.20. The molecular weight excluding hydrogens is 266 g/mol. The number of anilines is 1. The van der Waals surface area contributed by atoms with Crippen molar-refractivity contribution >= 4 is 27.4 Å². The first-order valence-corrected chi connectivity index (χ1v) is 4.97. The van der Waals surface area contributed by atoms with Crippen LogP contribution in [0.3, 0.4) is 0 Å². The van der Waals surface area contributed by atoms with Crippen LogP contribution in [0, 0.1) is 10.1 Å². The zero-order valence-electron chi connectivity index (χ0n) is 8.05. The van der Waals surface area contributed by atoms with Gasteiger partial charge in [-0.2, -0.15) is 0 Å². The van der Waals surface area contributed by atoms with Crippen molar-refractivity contribution in [2.45, 2.75) is 0 Å². The fraction of sp³-hybridized carbons (Fsp3) is 0.375. The molecule has 0 fully saturated rings. The van der Waals surface area contributed by atoms with Gasteiger partial charge in [-0.25, -0.2) is 4.98 Å². The van der Waals surface area contributed by atoms with E-state index in [4.69, 9.17) is 5.11 Å². The van der Waals surface area contributed by atoms with Crippen molar-refractivity contribution in [3.63, 3.8) is 0 Å². The Hall–Kier alpha value is -1.21. The van der Waals surface area contributed by atoms with Crippen molar-refractivity contribution in [1.29, 1.82) is 0 Å². The van der Waals surface area contributed by atoms with Gasteiger partial charge in [-0.05, 0) is 15.9 Å². The second-order valence-electron chi connectivity index (χ2n) is 2.90. The fourth-order valence-electron chi connectivity index (χ4n) is 1.06. The first-order valence-electron chi connectivity index (χ1n) is 4.18.